The predicted molar refractivity (Wildman–Crippen MR) is 161 cm³/mol. The third-order valence-electron chi connectivity index (χ3n) is 8.18. The van der Waals surface area contributed by atoms with Gasteiger partial charge in [-0.3, -0.25) is 14.6 Å². The van der Waals surface area contributed by atoms with Crippen LogP contribution in [0.4, 0.5) is 11.4 Å². The molecule has 0 radical (unpaired) electrons. The Bertz CT molecular complexity index is 1430. The second-order valence-corrected chi connectivity index (χ2v) is 10.9. The van der Waals surface area contributed by atoms with Gasteiger partial charge < -0.3 is 24.0 Å². The summed E-state index contributed by atoms with van der Waals surface area (Å²) in [5.41, 5.74) is 1.83. The minimum Gasteiger partial charge on any atom is -0.466 e. The monoisotopic (exact) mass is 557 g/mol. The van der Waals surface area contributed by atoms with Gasteiger partial charge in [0.05, 0.1) is 37.7 Å². The van der Waals surface area contributed by atoms with Gasteiger partial charge in [-0.1, -0.05) is 48.5 Å². The second kappa shape index (κ2) is 11.9. The van der Waals surface area contributed by atoms with E-state index >= 15 is 0 Å². The smallest absolute Gasteiger partial charge is 0.307 e. The summed E-state index contributed by atoms with van der Waals surface area (Å²) in [5.74, 6) is 0.257. The van der Waals surface area contributed by atoms with E-state index in [1.807, 2.05) is 30.5 Å². The number of para-hydroxylation sites is 1. The van der Waals surface area contributed by atoms with Crippen LogP contribution in [0.2, 0.25) is 0 Å². The average molecular weight is 558 g/mol. The molecule has 0 fully saturated rings. The summed E-state index contributed by atoms with van der Waals surface area (Å²) >= 11 is 0. The number of anilines is 1. The molecular weight excluding hydrogens is 518 g/mol. The lowest BCUT2D eigenvalue weighted by Gasteiger charge is -2.46. The molecule has 3 aromatic carbocycles. The summed E-state index contributed by atoms with van der Waals surface area (Å²) in [6.45, 7) is 10.8. The number of hydrogen-bond donors (Lipinski definition) is 0. The van der Waals surface area contributed by atoms with Gasteiger partial charge in [0.25, 0.3) is 0 Å². The number of carbonyl (C=O) groups excluding carboxylic acids is 2. The highest BCUT2D eigenvalue weighted by molar-refractivity contribution is 5.99. The van der Waals surface area contributed by atoms with E-state index in [1.165, 1.54) is 5.56 Å². The van der Waals surface area contributed by atoms with Gasteiger partial charge in [0.15, 0.2) is 0 Å². The van der Waals surface area contributed by atoms with Gasteiger partial charge in [-0.25, -0.2) is 0 Å². The molecule has 0 N–H and O–H groups in total. The molecule has 0 saturated carbocycles. The summed E-state index contributed by atoms with van der Waals surface area (Å²) in [5, 5.41) is 2.17. The molecule has 41 heavy (non-hydrogen) atoms. The quantitative estimate of drug-likeness (QED) is 0.282. The summed E-state index contributed by atoms with van der Waals surface area (Å²) in [6, 6.07) is 20.7. The number of benzene rings is 3. The molecule has 3 aromatic rings. The highest BCUT2D eigenvalue weighted by atomic mass is 16.5. The van der Waals surface area contributed by atoms with Crippen molar-refractivity contribution in [2.45, 2.75) is 51.7 Å². The molecule has 0 bridgehead atoms. The Hall–Kier alpha value is -3.91. The van der Waals surface area contributed by atoms with Crippen molar-refractivity contribution in [3.63, 3.8) is 0 Å². The number of fused-ring (bicyclic) bond motifs is 4. The van der Waals surface area contributed by atoms with E-state index in [0.29, 0.717) is 39.4 Å². The highest BCUT2D eigenvalue weighted by Crippen LogP contribution is 2.54. The van der Waals surface area contributed by atoms with Crippen LogP contribution in [-0.4, -0.2) is 68.2 Å². The second-order valence-electron chi connectivity index (χ2n) is 10.9. The van der Waals surface area contributed by atoms with E-state index in [4.69, 9.17) is 19.2 Å². The van der Waals surface area contributed by atoms with E-state index < -0.39 is 11.1 Å². The van der Waals surface area contributed by atoms with Crippen LogP contribution in [-0.2, 0) is 24.5 Å². The van der Waals surface area contributed by atoms with Crippen LogP contribution in [0.25, 0.3) is 10.8 Å². The van der Waals surface area contributed by atoms with Crippen LogP contribution in [0.15, 0.2) is 65.7 Å². The standard InChI is InChI=1S/C33H39N3O5/c1-5-39-29(37)17-19-35(20-18-30(38)40-6-2)21-22-36-27-14-10-9-13-26(27)32(3,4)33(36)23-34-31-25-12-8-7-11-24(25)15-16-28(31)41-33/h7-16,23H,5-6,17-22H2,1-4H3. The Balaban J connectivity index is 1.45. The van der Waals surface area contributed by atoms with Crippen LogP contribution in [0.1, 0.15) is 46.1 Å². The molecule has 5 rings (SSSR count). The fourth-order valence-corrected chi connectivity index (χ4v) is 5.99. The molecule has 0 aliphatic carbocycles. The van der Waals surface area contributed by atoms with Crippen LogP contribution in [0, 0.1) is 0 Å². The molecule has 0 amide bonds. The normalized spacial score (nSPS) is 18.3. The molecule has 1 spiro atoms. The third-order valence-corrected chi connectivity index (χ3v) is 8.18. The Labute approximate surface area is 241 Å². The van der Waals surface area contributed by atoms with Crippen molar-refractivity contribution in [2.75, 3.05) is 44.3 Å². The zero-order chi connectivity index (χ0) is 29.0. The number of esters is 2. The van der Waals surface area contributed by atoms with Gasteiger partial charge in [-0.2, -0.15) is 0 Å². The number of carbonyl (C=O) groups is 2. The summed E-state index contributed by atoms with van der Waals surface area (Å²) in [7, 11) is 0. The maximum absolute atomic E-state index is 12.2. The Kier molecular flexibility index (Phi) is 8.31. The largest absolute Gasteiger partial charge is 0.466 e. The van der Waals surface area contributed by atoms with Crippen LogP contribution in [0.5, 0.6) is 5.75 Å². The first kappa shape index (κ1) is 28.6. The van der Waals surface area contributed by atoms with E-state index in [2.05, 4.69) is 60.0 Å². The van der Waals surface area contributed by atoms with Crippen molar-refractivity contribution in [3.05, 3.63) is 66.2 Å². The van der Waals surface area contributed by atoms with Crippen molar-refractivity contribution in [1.29, 1.82) is 0 Å². The molecule has 0 saturated heterocycles. The Morgan fingerprint density at radius 3 is 2.24 bits per heavy atom. The van der Waals surface area contributed by atoms with Crippen molar-refractivity contribution < 1.29 is 23.8 Å². The van der Waals surface area contributed by atoms with E-state index in [9.17, 15) is 9.59 Å². The first-order chi connectivity index (χ1) is 19.8. The molecule has 1 atom stereocenters. The molecule has 2 aliphatic rings. The van der Waals surface area contributed by atoms with Gasteiger partial charge in [-0.15, -0.1) is 0 Å². The van der Waals surface area contributed by atoms with Gasteiger partial charge in [0.2, 0.25) is 5.72 Å². The van der Waals surface area contributed by atoms with Crippen LogP contribution >= 0.6 is 0 Å². The molecule has 2 heterocycles. The van der Waals surface area contributed by atoms with Crippen molar-refractivity contribution in [2.24, 2.45) is 4.99 Å². The van der Waals surface area contributed by atoms with Crippen molar-refractivity contribution in [1.82, 2.24) is 4.90 Å². The lowest BCUT2D eigenvalue weighted by Crippen LogP contribution is -2.63. The molecule has 0 aromatic heterocycles. The Morgan fingerprint density at radius 1 is 0.878 bits per heavy atom. The number of nitrogens with zero attached hydrogens (tertiary/aromatic N) is 3. The number of aliphatic imine (C=N–C) groups is 1. The first-order valence-corrected chi connectivity index (χ1v) is 14.5. The fraction of sp³-hybridized carbons (Fsp3) is 0.424. The summed E-state index contributed by atoms with van der Waals surface area (Å²) in [6.07, 6.45) is 2.47. The first-order valence-electron chi connectivity index (χ1n) is 14.5. The minimum atomic E-state index is -0.861. The predicted octanol–water partition coefficient (Wildman–Crippen LogP) is 5.64. The van der Waals surface area contributed by atoms with Crippen molar-refractivity contribution in [3.8, 4) is 5.75 Å². The SMILES string of the molecule is CCOC(=O)CCN(CCC(=O)OCC)CCN1c2ccccc2C(C)(C)C12C=Nc1c(ccc3ccccc13)O2. The molecular formula is C33H39N3O5. The number of rotatable bonds is 11. The van der Waals surface area contributed by atoms with Gasteiger partial charge in [0.1, 0.15) is 11.4 Å². The van der Waals surface area contributed by atoms with E-state index in [0.717, 1.165) is 27.9 Å². The van der Waals surface area contributed by atoms with Crippen molar-refractivity contribution >= 4 is 40.3 Å². The van der Waals surface area contributed by atoms with Gasteiger partial charge in [-0.05, 0) is 50.8 Å². The molecule has 216 valence electrons. The summed E-state index contributed by atoms with van der Waals surface area (Å²) < 4.78 is 17.3. The molecule has 1 unspecified atom stereocenters. The summed E-state index contributed by atoms with van der Waals surface area (Å²) in [4.78, 5) is 33.8. The zero-order valence-electron chi connectivity index (χ0n) is 24.4. The minimum absolute atomic E-state index is 0.246. The van der Waals surface area contributed by atoms with E-state index in [1.54, 1.807) is 13.8 Å². The number of ether oxygens (including phenoxy) is 3. The lowest BCUT2D eigenvalue weighted by atomic mass is 9.77. The van der Waals surface area contributed by atoms with Gasteiger partial charge >= 0.3 is 11.9 Å². The Morgan fingerprint density at radius 2 is 1.54 bits per heavy atom. The maximum atomic E-state index is 12.2. The molecule has 2 aliphatic heterocycles. The average Bonchev–Trinajstić information content (AvgIpc) is 3.15. The molecule has 8 nitrogen and oxygen atoms in total. The zero-order valence-corrected chi connectivity index (χ0v) is 24.4. The van der Waals surface area contributed by atoms with E-state index in [-0.39, 0.29) is 24.8 Å². The maximum Gasteiger partial charge on any atom is 0.307 e. The van der Waals surface area contributed by atoms with Crippen LogP contribution in [0.3, 0.4) is 0 Å². The topological polar surface area (TPSA) is 80.7 Å². The van der Waals surface area contributed by atoms with Crippen LogP contribution < -0.4 is 9.64 Å². The lowest BCUT2D eigenvalue weighted by molar-refractivity contribution is -0.143. The number of hydrogen-bond acceptors (Lipinski definition) is 8. The molecule has 8 heteroatoms. The van der Waals surface area contributed by atoms with Gasteiger partial charge in [0, 0.05) is 37.3 Å². The third kappa shape index (κ3) is 5.40. The fourth-order valence-electron chi connectivity index (χ4n) is 5.99. The highest BCUT2D eigenvalue weighted by Gasteiger charge is 2.59.